The van der Waals surface area contributed by atoms with E-state index in [1.807, 2.05) is 0 Å². The van der Waals surface area contributed by atoms with Gasteiger partial charge >= 0.3 is 11.9 Å². The Bertz CT molecular complexity index is 722. The molecule has 2 rings (SSSR count). The van der Waals surface area contributed by atoms with Crippen LogP contribution < -0.4 is 0 Å². The maximum Gasteiger partial charge on any atom is 0.317 e. The quantitative estimate of drug-likeness (QED) is 0.265. The largest absolute Gasteiger partial charge is 0.462 e. The van der Waals surface area contributed by atoms with E-state index >= 15 is 0 Å². The fourth-order valence-electron chi connectivity index (χ4n) is 6.64. The Hall–Kier alpha value is -1.72. The van der Waals surface area contributed by atoms with E-state index in [1.54, 1.807) is 6.92 Å². The molecule has 2 fully saturated rings. The Labute approximate surface area is 218 Å². The lowest BCUT2D eigenvalue weighted by molar-refractivity contribution is -0.170. The Kier molecular flexibility index (Phi) is 11.2. The molecule has 0 amide bonds. The first-order valence-corrected chi connectivity index (χ1v) is 14.2. The van der Waals surface area contributed by atoms with E-state index < -0.39 is 29.7 Å². The minimum atomic E-state index is -1.18. The molecule has 0 aromatic rings. The molecule has 0 aromatic heterocycles. The Morgan fingerprint density at radius 2 is 0.944 bits per heavy atom. The molecule has 0 aromatic carbocycles. The maximum atomic E-state index is 13.4. The molecule has 0 N–H and O–H groups in total. The number of carbonyl (C=O) groups excluding carboxylic acids is 4. The van der Waals surface area contributed by atoms with E-state index in [2.05, 4.69) is 41.5 Å². The molecule has 36 heavy (non-hydrogen) atoms. The summed E-state index contributed by atoms with van der Waals surface area (Å²) in [7, 11) is 0. The highest BCUT2D eigenvalue weighted by atomic mass is 16.6. The third kappa shape index (κ3) is 7.64. The van der Waals surface area contributed by atoms with Crippen LogP contribution in [0.15, 0.2) is 0 Å². The zero-order valence-corrected chi connectivity index (χ0v) is 24.0. The molecular formula is C30H50O6. The topological polar surface area (TPSA) is 86.7 Å². The van der Waals surface area contributed by atoms with Gasteiger partial charge in [-0.05, 0) is 81.0 Å². The van der Waals surface area contributed by atoms with Crippen molar-refractivity contribution in [3.05, 3.63) is 0 Å². The minimum Gasteiger partial charge on any atom is -0.462 e. The molecule has 1 unspecified atom stereocenters. The number of hydrogen-bond acceptors (Lipinski definition) is 6. The summed E-state index contributed by atoms with van der Waals surface area (Å²) in [6.45, 7) is 17.1. The van der Waals surface area contributed by atoms with Gasteiger partial charge < -0.3 is 9.47 Å². The second-order valence-electron chi connectivity index (χ2n) is 12.6. The number of hydrogen-bond donors (Lipinski definition) is 0. The highest BCUT2D eigenvalue weighted by Crippen LogP contribution is 2.38. The number of carbonyl (C=O) groups is 4. The molecule has 0 aliphatic heterocycles. The molecule has 0 saturated heterocycles. The van der Waals surface area contributed by atoms with Crippen LogP contribution in [-0.4, -0.2) is 35.7 Å². The van der Waals surface area contributed by atoms with Gasteiger partial charge in [0.2, 0.25) is 0 Å². The smallest absolute Gasteiger partial charge is 0.317 e. The second kappa shape index (κ2) is 13.2. The van der Waals surface area contributed by atoms with Crippen molar-refractivity contribution >= 4 is 23.5 Å². The molecule has 0 bridgehead atoms. The third-order valence-electron chi connectivity index (χ3n) is 8.89. The first kappa shape index (κ1) is 30.5. The first-order valence-electron chi connectivity index (χ1n) is 14.2. The summed E-state index contributed by atoms with van der Waals surface area (Å²) in [5.74, 6) is -3.13. The zero-order valence-electron chi connectivity index (χ0n) is 24.0. The SMILES string of the molecule is CC(=O)[C@@H](C(=O)O[C@@H]1C[C@H](C)CC[C@@H]1C(C)C)C(C)[C@@H](C(C)=O)C(=O)O[C@@H]1C[C@H](C)CC[C@H]1C(C)C. The van der Waals surface area contributed by atoms with Gasteiger partial charge in [0.25, 0.3) is 0 Å². The van der Waals surface area contributed by atoms with E-state index in [-0.39, 0.29) is 35.6 Å². The summed E-state index contributed by atoms with van der Waals surface area (Å²) >= 11 is 0. The number of ketones is 2. The van der Waals surface area contributed by atoms with E-state index in [1.165, 1.54) is 13.8 Å². The predicted molar refractivity (Wildman–Crippen MR) is 140 cm³/mol. The van der Waals surface area contributed by atoms with Crippen molar-refractivity contribution < 1.29 is 28.7 Å². The van der Waals surface area contributed by atoms with Gasteiger partial charge in [-0.2, -0.15) is 0 Å². The predicted octanol–water partition coefficient (Wildman–Crippen LogP) is 6.04. The number of ether oxygens (including phenoxy) is 2. The molecule has 0 heterocycles. The highest BCUT2D eigenvalue weighted by Gasteiger charge is 2.45. The highest BCUT2D eigenvalue weighted by molar-refractivity contribution is 6.02. The van der Waals surface area contributed by atoms with Gasteiger partial charge in [-0.25, -0.2) is 0 Å². The van der Waals surface area contributed by atoms with Crippen LogP contribution in [0.25, 0.3) is 0 Å². The van der Waals surface area contributed by atoms with Crippen LogP contribution in [0.3, 0.4) is 0 Å². The van der Waals surface area contributed by atoms with Crippen molar-refractivity contribution in [3.63, 3.8) is 0 Å². The lowest BCUT2D eigenvalue weighted by atomic mass is 9.74. The standard InChI is InChI=1S/C30H50O6/c1-16(2)23-12-10-18(5)14-25(23)35-29(33)27(21(8)31)20(7)28(22(9)32)30(34)36-26-15-19(6)11-13-24(26)17(3)4/h16-20,23-28H,10-15H2,1-9H3/t18-,19-,20?,23-,24+,25-,26-,27+,28+/m1/s1. The van der Waals surface area contributed by atoms with E-state index in [4.69, 9.17) is 9.47 Å². The summed E-state index contributed by atoms with van der Waals surface area (Å²) in [6.07, 6.45) is 5.18. The van der Waals surface area contributed by atoms with Crippen LogP contribution in [0.1, 0.15) is 101 Å². The molecule has 2 saturated carbocycles. The van der Waals surface area contributed by atoms with Gasteiger partial charge in [-0.15, -0.1) is 0 Å². The molecule has 2 aliphatic carbocycles. The summed E-state index contributed by atoms with van der Waals surface area (Å²) in [5.41, 5.74) is 0. The summed E-state index contributed by atoms with van der Waals surface area (Å²) < 4.78 is 12.0. The average Bonchev–Trinajstić information content (AvgIpc) is 2.72. The first-order chi connectivity index (χ1) is 16.7. The summed E-state index contributed by atoms with van der Waals surface area (Å²) in [4.78, 5) is 52.2. The van der Waals surface area contributed by atoms with E-state index in [0.717, 1.165) is 38.5 Å². The lowest BCUT2D eigenvalue weighted by Crippen LogP contribution is -2.45. The normalized spacial score (nSPS) is 31.4. The minimum absolute atomic E-state index is 0.239. The van der Waals surface area contributed by atoms with Gasteiger partial charge in [0.1, 0.15) is 35.6 Å². The lowest BCUT2D eigenvalue weighted by Gasteiger charge is -2.38. The van der Waals surface area contributed by atoms with Gasteiger partial charge in [0.05, 0.1) is 0 Å². The van der Waals surface area contributed by atoms with Gasteiger partial charge in [-0.1, -0.05) is 61.3 Å². The van der Waals surface area contributed by atoms with Gasteiger partial charge in [-0.3, -0.25) is 19.2 Å². The number of rotatable bonds is 10. The van der Waals surface area contributed by atoms with E-state index in [9.17, 15) is 19.2 Å². The van der Waals surface area contributed by atoms with Crippen molar-refractivity contribution in [1.29, 1.82) is 0 Å². The third-order valence-corrected chi connectivity index (χ3v) is 8.89. The molecule has 2 aliphatic rings. The van der Waals surface area contributed by atoms with Crippen LogP contribution in [0.4, 0.5) is 0 Å². The van der Waals surface area contributed by atoms with Crippen LogP contribution >= 0.6 is 0 Å². The number of esters is 2. The molecule has 0 spiro atoms. The fraction of sp³-hybridized carbons (Fsp3) is 0.867. The van der Waals surface area contributed by atoms with Crippen molar-refractivity contribution in [1.82, 2.24) is 0 Å². The molecule has 206 valence electrons. The average molecular weight is 507 g/mol. The molecule has 6 nitrogen and oxygen atoms in total. The van der Waals surface area contributed by atoms with Crippen LogP contribution in [0.5, 0.6) is 0 Å². The van der Waals surface area contributed by atoms with Crippen molar-refractivity contribution in [2.24, 2.45) is 53.3 Å². The van der Waals surface area contributed by atoms with Crippen LogP contribution in [0.2, 0.25) is 0 Å². The van der Waals surface area contributed by atoms with Crippen molar-refractivity contribution in [2.75, 3.05) is 0 Å². The molecule has 9 atom stereocenters. The molecule has 6 heteroatoms. The Morgan fingerprint density at radius 3 is 1.22 bits per heavy atom. The maximum absolute atomic E-state index is 13.4. The van der Waals surface area contributed by atoms with Crippen molar-refractivity contribution in [2.45, 2.75) is 113 Å². The summed E-state index contributed by atoms with van der Waals surface area (Å²) in [5, 5.41) is 0. The van der Waals surface area contributed by atoms with Gasteiger partial charge in [0.15, 0.2) is 0 Å². The Morgan fingerprint density at radius 1 is 0.611 bits per heavy atom. The zero-order chi connectivity index (χ0) is 27.3. The Balaban J connectivity index is 2.22. The molecule has 0 radical (unpaired) electrons. The van der Waals surface area contributed by atoms with E-state index in [0.29, 0.717) is 23.7 Å². The summed E-state index contributed by atoms with van der Waals surface area (Å²) in [6, 6.07) is 0. The van der Waals surface area contributed by atoms with Crippen LogP contribution in [0, 0.1) is 53.3 Å². The second-order valence-corrected chi connectivity index (χ2v) is 12.6. The monoisotopic (exact) mass is 506 g/mol. The number of Topliss-reactive ketones (excluding diaryl/α,β-unsaturated/α-hetero) is 2. The van der Waals surface area contributed by atoms with Crippen LogP contribution in [-0.2, 0) is 28.7 Å². The van der Waals surface area contributed by atoms with Gasteiger partial charge in [0, 0.05) is 0 Å². The van der Waals surface area contributed by atoms with Crippen molar-refractivity contribution in [3.8, 4) is 0 Å². The fourth-order valence-corrected chi connectivity index (χ4v) is 6.64. The molecular weight excluding hydrogens is 456 g/mol.